The van der Waals surface area contributed by atoms with Crippen LogP contribution in [0.4, 0.5) is 45.5 Å². The van der Waals surface area contributed by atoms with Gasteiger partial charge in [-0.1, -0.05) is 122 Å². The molecule has 0 unspecified atom stereocenters. The van der Waals surface area contributed by atoms with Crippen molar-refractivity contribution in [3.8, 4) is 11.5 Å². The quantitative estimate of drug-likeness (QED) is 0.0182. The number of fused-ring (bicyclic) bond motifs is 2. The molecule has 0 bridgehead atoms. The van der Waals surface area contributed by atoms with E-state index in [4.69, 9.17) is 29.1 Å². The summed E-state index contributed by atoms with van der Waals surface area (Å²) < 4.78 is 5.99. The third kappa shape index (κ3) is 28.9. The molecule has 777 valence electrons. The van der Waals surface area contributed by atoms with Gasteiger partial charge in [0.2, 0.25) is 5.69 Å². The number of hydrogen-bond acceptors (Lipinski definition) is 11. The Morgan fingerprint density at radius 2 is 0.748 bits per heavy atom. The van der Waals surface area contributed by atoms with Gasteiger partial charge in [-0.25, -0.2) is 0 Å². The van der Waals surface area contributed by atoms with Crippen LogP contribution in [0.5, 0.6) is 11.5 Å². The molecule has 147 heavy (non-hydrogen) atoms. The van der Waals surface area contributed by atoms with Crippen molar-refractivity contribution in [2.75, 3.05) is 45.8 Å². The summed E-state index contributed by atoms with van der Waals surface area (Å²) in [5, 5.41) is 41.2. The Balaban J connectivity index is 0.000000143. The third-order valence-electron chi connectivity index (χ3n) is 29.1. The van der Waals surface area contributed by atoms with Crippen LogP contribution in [0.2, 0.25) is 0 Å². The molecular formula is C125H144Br2Cl3N8O6PRu2-. The number of nitrogens with zero attached hydrogens (tertiary/aromatic N) is 8. The fraction of sp³-hybridized carbons (Fsp3) is 0.336. The summed E-state index contributed by atoms with van der Waals surface area (Å²) in [7, 11) is 18.7. The van der Waals surface area contributed by atoms with Crippen LogP contribution >= 0.6 is 68.9 Å². The molecule has 0 spiro atoms. The Bertz CT molecular complexity index is 6590. The van der Waals surface area contributed by atoms with E-state index in [1.54, 1.807) is 107 Å². The molecule has 5 aliphatic carbocycles. The summed E-state index contributed by atoms with van der Waals surface area (Å²) in [4.78, 5) is 34.6. The molecule has 0 aromatic heterocycles. The van der Waals surface area contributed by atoms with Crippen molar-refractivity contribution in [1.82, 2.24) is 0 Å². The predicted octanol–water partition coefficient (Wildman–Crippen LogP) is 34.5. The number of aryl methyl sites for hydroxylation is 20. The molecule has 14 nitrogen and oxygen atoms in total. The van der Waals surface area contributed by atoms with Crippen molar-refractivity contribution in [3.05, 3.63) is 411 Å². The number of nitro groups is 2. The van der Waals surface area contributed by atoms with Gasteiger partial charge in [-0.3, -0.25) is 29.8 Å². The Morgan fingerprint density at radius 3 is 1.12 bits per heavy atom. The fourth-order valence-corrected chi connectivity index (χ4v) is 33.8. The molecule has 12 aromatic carbocycles. The molecule has 0 amide bonds. The maximum atomic E-state index is 10.8. The molecule has 3 saturated carbocycles. The molecule has 5 fully saturated rings. The van der Waals surface area contributed by atoms with Gasteiger partial charge in [0, 0.05) is 95.8 Å². The first-order valence-corrected chi connectivity index (χ1v) is 63.1. The van der Waals surface area contributed by atoms with Gasteiger partial charge in [-0.2, -0.15) is 13.3 Å². The summed E-state index contributed by atoms with van der Waals surface area (Å²) in [5.41, 5.74) is 47.0. The first-order chi connectivity index (χ1) is 70.2. The van der Waals surface area contributed by atoms with Crippen LogP contribution in [0.3, 0.4) is 0 Å². The normalized spacial score (nSPS) is 15.4. The van der Waals surface area contributed by atoms with Crippen LogP contribution in [0, 0.1) is 179 Å². The Hall–Kier alpha value is -9.82. The van der Waals surface area contributed by atoms with E-state index in [0.29, 0.717) is 11.1 Å². The standard InChI is InChI=1S/2C21H27N2.C18H33P.2C17H14.C16H15BrN2O3.C15H13BrN2O3.3ClH.2Ru/c2*1-14-9-16(3)20(17(4)10-14)22-7-8-23(13-22)21-18(5)11-15(2)12-19(21)6;1-4-10-16(11-5-1)19(17-12-6-2-7-13-17)18-14-8-3-9-15-18;2*1-12-6-3-4-9-15(12)16-11-10-14-8-5-7-13(2)17(14)16;1-10-6-13(17)7-11(2)16(10)18(3)9-12-8-14(19(21)22)4-5-15(12)20;1-9-5-12(16)6-10(2)15(9)17-8-11-7-13(18(20)21)3-4-14(11)19;;;;;/h2*9-13H,7-8H2,1-6H3;16-18H,1-15H2;2*3-9,11H,1-2H3;4-9,20H,3H2,1-2H3;3-8,19H,1-2H3;3*1H;;/q2*-1;;;;;;;;;+1;+2/p-2. The van der Waals surface area contributed by atoms with Crippen LogP contribution in [0.1, 0.15) is 252 Å². The second kappa shape index (κ2) is 52.8. The van der Waals surface area contributed by atoms with Crippen LogP contribution in [0.15, 0.2) is 220 Å². The van der Waals surface area contributed by atoms with Crippen molar-refractivity contribution >= 4 is 147 Å². The molecule has 0 radical (unpaired) electrons. The van der Waals surface area contributed by atoms with E-state index in [-0.39, 0.29) is 46.5 Å². The van der Waals surface area contributed by atoms with E-state index in [2.05, 4.69) is 333 Å². The van der Waals surface area contributed by atoms with Crippen molar-refractivity contribution in [2.45, 2.75) is 252 Å². The van der Waals surface area contributed by atoms with Gasteiger partial charge < -0.3 is 29.8 Å². The zero-order valence-electron chi connectivity index (χ0n) is 89.0. The topological polar surface area (TPSA) is 155 Å². The van der Waals surface area contributed by atoms with Gasteiger partial charge in [0.25, 0.3) is 5.69 Å². The van der Waals surface area contributed by atoms with Crippen molar-refractivity contribution in [3.63, 3.8) is 0 Å². The number of non-ortho nitro benzene ring substituents is 2. The van der Waals surface area contributed by atoms with Crippen LogP contribution < -0.4 is 19.6 Å². The molecule has 0 atom stereocenters. The maximum absolute atomic E-state index is 10.8. The number of aromatic hydroxyl groups is 2. The van der Waals surface area contributed by atoms with Crippen molar-refractivity contribution in [2.24, 2.45) is 4.99 Å². The number of halogens is 5. The average molecular weight is 2350 g/mol. The number of rotatable bonds is 16. The van der Waals surface area contributed by atoms with Crippen molar-refractivity contribution in [1.29, 1.82) is 0 Å². The van der Waals surface area contributed by atoms with E-state index < -0.39 is 23.4 Å². The van der Waals surface area contributed by atoms with Crippen LogP contribution in [0.25, 0.3) is 11.1 Å². The monoisotopic (exact) mass is 2350 g/mol. The van der Waals surface area contributed by atoms with E-state index in [0.717, 1.165) is 72.9 Å². The SMILES string of the molecule is C1CCC([PH+](C2CCCCC2)C2CCCCC2)CC1.C=[N+]([CH-]c1cc([N+](=O)[O-])ccc1O)c1c(C)cc(Br)cc1C.Cc1cc(Br)cc(C)c1N=Cc1cc([N+](=O)[O-])ccc1O.Cc1cc(C)c(N2[CH-]N(c3c(C)cc(C)cc3C)CC2)c(C)c1.Cc1cc(C)c(N2[CH-]N(c3c(C)cc(C)cc3C)CC2)c(C)c1.Cc1ccccc1C1=C[C](=[Ru]([Cl])[Cl])c2cccc(C)c21.Cc1ccccc1C1=C[C](=[Ru][Cl])c2cccc(C)c21. The Morgan fingerprint density at radius 1 is 0.415 bits per heavy atom. The summed E-state index contributed by atoms with van der Waals surface area (Å²) in [6, 6.07) is 63.6. The molecule has 7 aliphatic rings. The second-order valence-electron chi connectivity index (χ2n) is 40.8. The van der Waals surface area contributed by atoms with Gasteiger partial charge in [0.15, 0.2) is 5.69 Å². The zero-order valence-corrected chi connectivity index (χ0v) is 98.9. The number of hydrogen-bond donors (Lipinski definition) is 2. The Kier molecular flexibility index (Phi) is 41.0. The van der Waals surface area contributed by atoms with Crippen LogP contribution in [-0.4, -0.2) is 88.9 Å². The number of phenolic OH excluding ortho intramolecular Hbond substituents is 2. The van der Waals surface area contributed by atoms with Crippen molar-refractivity contribution < 1.29 is 53.8 Å². The van der Waals surface area contributed by atoms with Gasteiger partial charge in [-0.15, -0.1) is 0 Å². The summed E-state index contributed by atoms with van der Waals surface area (Å²) >= 11 is 4.69. The molecule has 2 aliphatic heterocycles. The fourth-order valence-electron chi connectivity index (χ4n) is 23.2. The number of anilines is 4. The number of phenols is 2. The van der Waals surface area contributed by atoms with E-state index in [1.165, 1.54) is 220 Å². The third-order valence-corrected chi connectivity index (χ3v) is 39.6. The molecule has 22 heteroatoms. The molecule has 12 aromatic rings. The summed E-state index contributed by atoms with van der Waals surface area (Å²) in [5.74, 6) is -0.0802. The summed E-state index contributed by atoms with van der Waals surface area (Å²) in [6.45, 7) is 57.1. The van der Waals surface area contributed by atoms with E-state index in [1.807, 2.05) is 52.0 Å². The molecule has 19 rings (SSSR count). The zero-order chi connectivity index (χ0) is 106. The first kappa shape index (κ1) is 114. The number of aliphatic imine (C=N–C) groups is 1. The predicted molar refractivity (Wildman–Crippen MR) is 629 cm³/mol. The number of allylic oxidation sites excluding steroid dienone is 2. The first-order valence-electron chi connectivity index (χ1n) is 51.3. The van der Waals surface area contributed by atoms with E-state index in [9.17, 15) is 30.4 Å². The van der Waals surface area contributed by atoms with Gasteiger partial charge in [-0.05, 0) is 303 Å². The summed E-state index contributed by atoms with van der Waals surface area (Å²) in [6.07, 6.45) is 29.7. The molecular weight excluding hydrogens is 2210 g/mol. The second-order valence-corrected chi connectivity index (χ2v) is 53.9. The minimum atomic E-state index is -1.92. The molecule has 2 saturated heterocycles. The average Bonchev–Trinajstić information content (AvgIpc) is 1.62. The number of nitro benzene ring substituents is 2. The Labute approximate surface area is 917 Å². The minimum absolute atomic E-state index is 0.0355. The van der Waals surface area contributed by atoms with Gasteiger partial charge >= 0.3 is 258 Å². The van der Waals surface area contributed by atoms with E-state index >= 15 is 0 Å². The van der Waals surface area contributed by atoms with Crippen LogP contribution in [-0.2, 0) is 29.2 Å². The van der Waals surface area contributed by atoms with Gasteiger partial charge in [0.05, 0.1) is 45.0 Å². The molecule has 2 N–H and O–H groups in total. The number of benzene rings is 12. The van der Waals surface area contributed by atoms with Gasteiger partial charge in [0.1, 0.15) is 12.3 Å². The molecule has 2 heterocycles.